The third-order valence-corrected chi connectivity index (χ3v) is 6.91. The Morgan fingerprint density at radius 2 is 1.06 bits per heavy atom. The van der Waals surface area contributed by atoms with E-state index in [1.165, 1.54) is 0 Å². The second-order valence-electron chi connectivity index (χ2n) is 7.17. The average Bonchev–Trinajstić information content (AvgIpc) is 2.61. The molecule has 192 valence electrons. The fraction of sp³-hybridized carbons (Fsp3) is 0.647. The van der Waals surface area contributed by atoms with Crippen molar-refractivity contribution in [3.63, 3.8) is 0 Å². The molecule has 0 saturated heterocycles. The predicted octanol–water partition coefficient (Wildman–Crippen LogP) is 6.53. The second-order valence-corrected chi connectivity index (χ2v) is 9.13. The summed E-state index contributed by atoms with van der Waals surface area (Å²) in [6.07, 6.45) is -25.6. The van der Waals surface area contributed by atoms with E-state index in [0.29, 0.717) is 0 Å². The number of hydrogen-bond acceptors (Lipinski definition) is 3. The van der Waals surface area contributed by atoms with Crippen molar-refractivity contribution in [3.05, 3.63) is 35.4 Å². The second kappa shape index (κ2) is 8.50. The van der Waals surface area contributed by atoms with Crippen LogP contribution in [0.15, 0.2) is 24.3 Å². The van der Waals surface area contributed by atoms with Gasteiger partial charge in [-0.05, 0) is 25.8 Å². The summed E-state index contributed by atoms with van der Waals surface area (Å²) in [7, 11) is -5.57. The zero-order chi connectivity index (χ0) is 26.5. The molecule has 0 aliphatic heterocycles. The summed E-state index contributed by atoms with van der Waals surface area (Å²) in [6, 6.07) is -1.17. The lowest BCUT2D eigenvalue weighted by molar-refractivity contribution is -0.364. The molecule has 0 aromatic heterocycles. The molecular weight excluding hydrogens is 512 g/mol. The minimum Gasteiger partial charge on any atom is -0.239 e. The van der Waals surface area contributed by atoms with Gasteiger partial charge in [0.2, 0.25) is 0 Å². The summed E-state index contributed by atoms with van der Waals surface area (Å²) in [4.78, 5) is 0. The molecule has 0 fully saturated rings. The molecule has 1 aromatic carbocycles. The van der Waals surface area contributed by atoms with Crippen molar-refractivity contribution in [2.75, 3.05) is 0 Å². The van der Waals surface area contributed by atoms with Crippen LogP contribution in [0.4, 0.5) is 52.7 Å². The molecule has 0 radical (unpaired) electrons. The molecule has 0 saturated carbocycles. The van der Waals surface area contributed by atoms with Crippen LogP contribution in [-0.4, -0.2) is 38.4 Å². The lowest BCUT2D eigenvalue weighted by Crippen LogP contribution is -2.57. The van der Waals surface area contributed by atoms with Gasteiger partial charge in [-0.3, -0.25) is 0 Å². The smallest absolute Gasteiger partial charge is 0.239 e. The number of benzene rings is 1. The van der Waals surface area contributed by atoms with Gasteiger partial charge in [0, 0.05) is 5.56 Å². The van der Waals surface area contributed by atoms with Gasteiger partial charge in [-0.1, -0.05) is 31.2 Å². The molecule has 0 bridgehead atoms. The van der Waals surface area contributed by atoms with E-state index in [2.05, 4.69) is 4.18 Å². The SMILES string of the molecule is CCC(C)S(=O)(=O)OC(c1ccc(C(C)(C(F)(F)F)C(F)(F)F)cc1)(C(F)(F)F)C(F)(F)F. The maximum atomic E-state index is 13.7. The summed E-state index contributed by atoms with van der Waals surface area (Å²) < 4.78 is 189. The molecule has 0 amide bonds. The van der Waals surface area contributed by atoms with E-state index in [-0.39, 0.29) is 31.2 Å². The Morgan fingerprint density at radius 3 is 1.33 bits per heavy atom. The van der Waals surface area contributed by atoms with Gasteiger partial charge in [-0.25, -0.2) is 4.18 Å². The highest BCUT2D eigenvalue weighted by atomic mass is 32.2. The van der Waals surface area contributed by atoms with Crippen molar-refractivity contribution in [1.82, 2.24) is 0 Å². The van der Waals surface area contributed by atoms with Gasteiger partial charge in [0.15, 0.2) is 5.41 Å². The van der Waals surface area contributed by atoms with Crippen molar-refractivity contribution in [3.8, 4) is 0 Å². The minimum atomic E-state index is -6.54. The van der Waals surface area contributed by atoms with Gasteiger partial charge >= 0.3 is 30.3 Å². The molecule has 0 spiro atoms. The lowest BCUT2D eigenvalue weighted by Gasteiger charge is -2.38. The third-order valence-electron chi connectivity index (χ3n) is 5.11. The summed E-state index contributed by atoms with van der Waals surface area (Å²) >= 11 is 0. The van der Waals surface area contributed by atoms with Crippen molar-refractivity contribution < 1.29 is 65.3 Å². The first kappa shape index (κ1) is 29.3. The Bertz CT molecular complexity index is 896. The van der Waals surface area contributed by atoms with Crippen molar-refractivity contribution in [2.24, 2.45) is 0 Å². The topological polar surface area (TPSA) is 43.4 Å². The van der Waals surface area contributed by atoms with Crippen molar-refractivity contribution in [1.29, 1.82) is 0 Å². The lowest BCUT2D eigenvalue weighted by atomic mass is 9.79. The Hall–Kier alpha value is -1.71. The van der Waals surface area contributed by atoms with Crippen LogP contribution in [0.5, 0.6) is 0 Å². The van der Waals surface area contributed by atoms with E-state index in [4.69, 9.17) is 0 Å². The number of alkyl halides is 12. The van der Waals surface area contributed by atoms with Crippen LogP contribution >= 0.6 is 0 Å². The van der Waals surface area contributed by atoms with E-state index >= 15 is 0 Å². The van der Waals surface area contributed by atoms with Gasteiger partial charge in [0.1, 0.15) is 0 Å². The first-order chi connectivity index (χ1) is 14.4. The molecule has 33 heavy (non-hydrogen) atoms. The fourth-order valence-electron chi connectivity index (χ4n) is 2.62. The molecule has 1 aromatic rings. The van der Waals surface area contributed by atoms with Gasteiger partial charge < -0.3 is 0 Å². The molecule has 3 nitrogen and oxygen atoms in total. The first-order valence-electron chi connectivity index (χ1n) is 8.72. The maximum absolute atomic E-state index is 13.7. The number of halogens is 12. The Balaban J connectivity index is 3.91. The van der Waals surface area contributed by atoms with Gasteiger partial charge in [-0.2, -0.15) is 61.1 Å². The van der Waals surface area contributed by atoms with Crippen LogP contribution in [0.25, 0.3) is 0 Å². The highest BCUT2D eigenvalue weighted by Crippen LogP contribution is 2.56. The number of rotatable bonds is 6. The molecule has 0 aliphatic carbocycles. The summed E-state index contributed by atoms with van der Waals surface area (Å²) in [5, 5.41) is -1.86. The van der Waals surface area contributed by atoms with E-state index in [1.807, 2.05) is 0 Å². The van der Waals surface area contributed by atoms with Crippen molar-refractivity contribution >= 4 is 10.1 Å². The molecule has 1 atom stereocenters. The summed E-state index contributed by atoms with van der Waals surface area (Å²) in [5.74, 6) is 0. The standard InChI is InChI=1S/C17H16F12O3S/c1-4-9(2)33(30,31)32-13(16(24,25)26,17(27,28)29)11-7-5-10(6-8-11)12(3,14(18,19)20)15(21,22)23/h5-9H,4H2,1-3H3. The van der Waals surface area contributed by atoms with Crippen LogP contribution < -0.4 is 0 Å². The molecular formula is C17H16F12O3S. The zero-order valence-electron chi connectivity index (χ0n) is 16.8. The van der Waals surface area contributed by atoms with Crippen LogP contribution in [0, 0.1) is 0 Å². The largest absolute Gasteiger partial charge is 0.432 e. The summed E-state index contributed by atoms with van der Waals surface area (Å²) in [6.45, 7) is 1.50. The summed E-state index contributed by atoms with van der Waals surface area (Å²) in [5.41, 5.74) is -14.0. The van der Waals surface area contributed by atoms with Gasteiger partial charge in [0.05, 0.1) is 5.25 Å². The van der Waals surface area contributed by atoms with Crippen LogP contribution in [0.1, 0.15) is 38.3 Å². The van der Waals surface area contributed by atoms with Crippen LogP contribution in [-0.2, 0) is 25.3 Å². The molecule has 0 aliphatic rings. The highest BCUT2D eigenvalue weighted by Gasteiger charge is 2.76. The Kier molecular flexibility index (Phi) is 7.55. The zero-order valence-corrected chi connectivity index (χ0v) is 17.6. The third kappa shape index (κ3) is 4.91. The monoisotopic (exact) mass is 528 g/mol. The van der Waals surface area contributed by atoms with E-state index in [9.17, 15) is 61.1 Å². The quantitative estimate of drug-likeness (QED) is 0.312. The van der Waals surface area contributed by atoms with E-state index in [0.717, 1.165) is 13.8 Å². The van der Waals surface area contributed by atoms with E-state index in [1.54, 1.807) is 0 Å². The fourth-order valence-corrected chi connectivity index (χ4v) is 3.82. The Morgan fingerprint density at radius 1 is 0.727 bits per heavy atom. The van der Waals surface area contributed by atoms with Crippen molar-refractivity contribution in [2.45, 2.75) is 68.2 Å². The maximum Gasteiger partial charge on any atom is 0.432 e. The molecule has 1 unspecified atom stereocenters. The van der Waals surface area contributed by atoms with Gasteiger partial charge in [0.25, 0.3) is 10.1 Å². The first-order valence-corrected chi connectivity index (χ1v) is 10.2. The number of hydrogen-bond donors (Lipinski definition) is 0. The molecule has 0 N–H and O–H groups in total. The average molecular weight is 528 g/mol. The normalized spacial score (nSPS) is 16.1. The highest BCUT2D eigenvalue weighted by molar-refractivity contribution is 7.87. The molecule has 1 rings (SSSR count). The van der Waals surface area contributed by atoms with Crippen LogP contribution in [0.2, 0.25) is 0 Å². The minimum absolute atomic E-state index is 0.248. The predicted molar refractivity (Wildman–Crippen MR) is 89.4 cm³/mol. The molecule has 16 heteroatoms. The van der Waals surface area contributed by atoms with E-state index < -0.39 is 68.6 Å². The van der Waals surface area contributed by atoms with Gasteiger partial charge in [-0.15, -0.1) is 0 Å². The molecule has 0 heterocycles. The Labute approximate surface area is 179 Å². The van der Waals surface area contributed by atoms with Crippen LogP contribution in [0.3, 0.4) is 0 Å².